The number of benzene rings is 1. The number of nitrogens with one attached hydrogen (secondary N) is 2. The van der Waals surface area contributed by atoms with Gasteiger partial charge in [-0.2, -0.15) is 0 Å². The predicted molar refractivity (Wildman–Crippen MR) is 130 cm³/mol. The van der Waals surface area contributed by atoms with Crippen LogP contribution in [0.15, 0.2) is 47.5 Å². The first kappa shape index (κ1) is 25.0. The fourth-order valence-electron chi connectivity index (χ4n) is 2.84. The molecule has 174 valence electrons. The van der Waals surface area contributed by atoms with Gasteiger partial charge in [0.2, 0.25) is 0 Å². The van der Waals surface area contributed by atoms with Gasteiger partial charge in [0.1, 0.15) is 11.4 Å². The summed E-state index contributed by atoms with van der Waals surface area (Å²) in [5.74, 6) is 1.63. The fourth-order valence-corrected chi connectivity index (χ4v) is 2.84. The SMILES string of the molecule is CN=C(NCc1ccc(CN(C)C(=O)OC(C)(C)C)cc1)NCc1cccc(N(C)C)n1. The van der Waals surface area contributed by atoms with Crippen LogP contribution >= 0.6 is 0 Å². The molecular formula is C24H36N6O2. The summed E-state index contributed by atoms with van der Waals surface area (Å²) in [6, 6.07) is 14.1. The summed E-state index contributed by atoms with van der Waals surface area (Å²) in [6.45, 7) is 7.29. The van der Waals surface area contributed by atoms with Gasteiger partial charge < -0.3 is 25.2 Å². The molecule has 2 N–H and O–H groups in total. The van der Waals surface area contributed by atoms with Crippen molar-refractivity contribution in [3.63, 3.8) is 0 Å². The van der Waals surface area contributed by atoms with Crippen molar-refractivity contribution in [2.45, 2.75) is 46.0 Å². The smallest absolute Gasteiger partial charge is 0.410 e. The highest BCUT2D eigenvalue weighted by Gasteiger charge is 2.19. The van der Waals surface area contributed by atoms with Crippen molar-refractivity contribution in [1.82, 2.24) is 20.5 Å². The number of hydrogen-bond donors (Lipinski definition) is 2. The molecule has 0 unspecified atom stereocenters. The van der Waals surface area contributed by atoms with E-state index in [-0.39, 0.29) is 6.09 Å². The normalized spacial score (nSPS) is 11.7. The molecule has 0 radical (unpaired) electrons. The van der Waals surface area contributed by atoms with Crippen molar-refractivity contribution in [3.05, 3.63) is 59.3 Å². The van der Waals surface area contributed by atoms with Crippen molar-refractivity contribution in [2.24, 2.45) is 4.99 Å². The Hall–Kier alpha value is -3.29. The minimum Gasteiger partial charge on any atom is -0.444 e. The first-order chi connectivity index (χ1) is 15.1. The van der Waals surface area contributed by atoms with E-state index in [9.17, 15) is 4.79 Å². The average molecular weight is 441 g/mol. The maximum atomic E-state index is 12.1. The summed E-state index contributed by atoms with van der Waals surface area (Å²) in [4.78, 5) is 24.6. The highest BCUT2D eigenvalue weighted by atomic mass is 16.6. The Bertz CT molecular complexity index is 903. The Labute approximate surface area is 191 Å². The van der Waals surface area contributed by atoms with E-state index in [1.807, 2.05) is 82.2 Å². The Morgan fingerprint density at radius 3 is 2.22 bits per heavy atom. The third kappa shape index (κ3) is 8.45. The van der Waals surface area contributed by atoms with Crippen LogP contribution in [0.4, 0.5) is 10.6 Å². The summed E-state index contributed by atoms with van der Waals surface area (Å²) in [5, 5.41) is 6.60. The quantitative estimate of drug-likeness (QED) is 0.507. The second kappa shape index (κ2) is 11.4. The van der Waals surface area contributed by atoms with Crippen molar-refractivity contribution in [1.29, 1.82) is 0 Å². The van der Waals surface area contributed by atoms with Gasteiger partial charge in [0, 0.05) is 41.3 Å². The monoisotopic (exact) mass is 440 g/mol. The number of rotatable bonds is 7. The molecule has 1 aromatic carbocycles. The number of pyridine rings is 1. The van der Waals surface area contributed by atoms with Crippen LogP contribution in [0.2, 0.25) is 0 Å². The standard InChI is InChI=1S/C24H36N6O2/c1-24(2,3)32-23(31)30(7)17-19-13-11-18(12-14-19)15-26-22(25-4)27-16-20-9-8-10-21(28-20)29(5)6/h8-14H,15-17H2,1-7H3,(H2,25,26,27). The molecule has 2 aromatic rings. The zero-order valence-electron chi connectivity index (χ0n) is 20.3. The van der Waals surface area contributed by atoms with E-state index < -0.39 is 5.60 Å². The lowest BCUT2D eigenvalue weighted by atomic mass is 10.1. The number of carbonyl (C=O) groups excluding carboxylic acids is 1. The number of aromatic nitrogens is 1. The molecular weight excluding hydrogens is 404 g/mol. The van der Waals surface area contributed by atoms with Crippen molar-refractivity contribution in [3.8, 4) is 0 Å². The van der Waals surface area contributed by atoms with Gasteiger partial charge >= 0.3 is 6.09 Å². The average Bonchev–Trinajstić information content (AvgIpc) is 2.74. The molecule has 0 fully saturated rings. The van der Waals surface area contributed by atoms with E-state index >= 15 is 0 Å². The van der Waals surface area contributed by atoms with Gasteiger partial charge in [-0.1, -0.05) is 30.3 Å². The van der Waals surface area contributed by atoms with Crippen LogP contribution in [0.3, 0.4) is 0 Å². The van der Waals surface area contributed by atoms with E-state index in [1.165, 1.54) is 0 Å². The Balaban J connectivity index is 1.84. The maximum absolute atomic E-state index is 12.1. The number of nitrogens with zero attached hydrogens (tertiary/aromatic N) is 4. The molecule has 0 aliphatic carbocycles. The molecule has 0 atom stereocenters. The van der Waals surface area contributed by atoms with Crippen molar-refractivity contribution < 1.29 is 9.53 Å². The molecule has 0 spiro atoms. The molecule has 1 aromatic heterocycles. The topological polar surface area (TPSA) is 82.1 Å². The van der Waals surface area contributed by atoms with E-state index in [0.717, 1.165) is 22.6 Å². The van der Waals surface area contributed by atoms with Gasteiger partial charge in [-0.3, -0.25) is 4.99 Å². The van der Waals surface area contributed by atoms with Gasteiger partial charge in [-0.05, 0) is 44.0 Å². The molecule has 0 saturated carbocycles. The number of guanidine groups is 1. The summed E-state index contributed by atoms with van der Waals surface area (Å²) in [5.41, 5.74) is 2.59. The molecule has 0 aliphatic heterocycles. The van der Waals surface area contributed by atoms with Crippen molar-refractivity contribution in [2.75, 3.05) is 33.1 Å². The lowest BCUT2D eigenvalue weighted by molar-refractivity contribution is 0.0285. The number of anilines is 1. The molecule has 0 aliphatic rings. The first-order valence-electron chi connectivity index (χ1n) is 10.7. The van der Waals surface area contributed by atoms with Crippen molar-refractivity contribution >= 4 is 17.9 Å². The van der Waals surface area contributed by atoms with Crippen LogP contribution in [0, 0.1) is 0 Å². The molecule has 8 heteroatoms. The molecule has 2 rings (SSSR count). The highest BCUT2D eigenvalue weighted by Crippen LogP contribution is 2.12. The number of amides is 1. The largest absolute Gasteiger partial charge is 0.444 e. The van der Waals surface area contributed by atoms with Crippen LogP contribution in [0.1, 0.15) is 37.6 Å². The number of aliphatic imine (C=N–C) groups is 1. The van der Waals surface area contributed by atoms with Gasteiger partial charge in [0.05, 0.1) is 12.2 Å². The maximum Gasteiger partial charge on any atom is 0.410 e. The zero-order chi connectivity index (χ0) is 23.7. The third-order valence-corrected chi connectivity index (χ3v) is 4.52. The minimum atomic E-state index is -0.501. The molecule has 8 nitrogen and oxygen atoms in total. The third-order valence-electron chi connectivity index (χ3n) is 4.52. The Morgan fingerprint density at radius 1 is 1.00 bits per heavy atom. The van der Waals surface area contributed by atoms with Crippen LogP contribution in [0.25, 0.3) is 0 Å². The molecule has 0 saturated heterocycles. The van der Waals surface area contributed by atoms with Crippen LogP contribution in [-0.4, -0.2) is 55.7 Å². The van der Waals surface area contributed by atoms with E-state index in [0.29, 0.717) is 25.6 Å². The minimum absolute atomic E-state index is 0.330. The summed E-state index contributed by atoms with van der Waals surface area (Å²) >= 11 is 0. The van der Waals surface area contributed by atoms with Crippen LogP contribution in [-0.2, 0) is 24.4 Å². The van der Waals surface area contributed by atoms with Gasteiger partial charge in [0.25, 0.3) is 0 Å². The van der Waals surface area contributed by atoms with E-state index in [1.54, 1.807) is 19.0 Å². The second-order valence-electron chi connectivity index (χ2n) is 8.81. The lowest BCUT2D eigenvalue weighted by Gasteiger charge is -2.24. The molecule has 1 heterocycles. The van der Waals surface area contributed by atoms with E-state index in [2.05, 4.69) is 20.6 Å². The fraction of sp³-hybridized carbons (Fsp3) is 0.458. The summed E-state index contributed by atoms with van der Waals surface area (Å²) in [7, 11) is 7.43. The van der Waals surface area contributed by atoms with Crippen LogP contribution in [0.5, 0.6) is 0 Å². The lowest BCUT2D eigenvalue weighted by Crippen LogP contribution is -2.36. The Morgan fingerprint density at radius 2 is 1.62 bits per heavy atom. The summed E-state index contributed by atoms with van der Waals surface area (Å²) < 4.78 is 5.40. The zero-order valence-corrected chi connectivity index (χ0v) is 20.3. The molecule has 1 amide bonds. The second-order valence-corrected chi connectivity index (χ2v) is 8.81. The van der Waals surface area contributed by atoms with E-state index in [4.69, 9.17) is 4.74 Å². The van der Waals surface area contributed by atoms with Gasteiger partial charge in [-0.15, -0.1) is 0 Å². The van der Waals surface area contributed by atoms with Crippen LogP contribution < -0.4 is 15.5 Å². The first-order valence-corrected chi connectivity index (χ1v) is 10.7. The van der Waals surface area contributed by atoms with Gasteiger partial charge in [-0.25, -0.2) is 9.78 Å². The predicted octanol–water partition coefficient (Wildman–Crippen LogP) is 3.38. The van der Waals surface area contributed by atoms with Gasteiger partial charge in [0.15, 0.2) is 5.96 Å². The number of hydrogen-bond acceptors (Lipinski definition) is 5. The number of carbonyl (C=O) groups is 1. The molecule has 0 bridgehead atoms. The summed E-state index contributed by atoms with van der Waals surface area (Å²) in [6.07, 6.45) is -0.330. The molecule has 32 heavy (non-hydrogen) atoms. The highest BCUT2D eigenvalue weighted by molar-refractivity contribution is 5.79. The number of ether oxygens (including phenoxy) is 1. The Kier molecular flexibility index (Phi) is 8.87.